The van der Waals surface area contributed by atoms with E-state index < -0.39 is 0 Å². The number of hydrogen-bond donors (Lipinski definition) is 2. The molecule has 6 rings (SSSR count). The second kappa shape index (κ2) is 11.7. The van der Waals surface area contributed by atoms with Gasteiger partial charge in [-0.2, -0.15) is 5.26 Å². The van der Waals surface area contributed by atoms with Gasteiger partial charge in [-0.1, -0.05) is 30.3 Å². The van der Waals surface area contributed by atoms with Crippen LogP contribution in [0.1, 0.15) is 40.1 Å². The van der Waals surface area contributed by atoms with Crippen molar-refractivity contribution >= 4 is 33.5 Å². The lowest BCUT2D eigenvalue weighted by Gasteiger charge is -2.36. The molecule has 202 valence electrons. The third-order valence-corrected chi connectivity index (χ3v) is 7.82. The average molecular weight is 532 g/mol. The van der Waals surface area contributed by atoms with E-state index in [0.717, 1.165) is 74.0 Å². The molecule has 2 aromatic heterocycles. The Kier molecular flexibility index (Phi) is 7.51. The molecule has 0 saturated carbocycles. The van der Waals surface area contributed by atoms with Crippen molar-refractivity contribution in [3.63, 3.8) is 0 Å². The summed E-state index contributed by atoms with van der Waals surface area (Å²) in [5, 5.41) is 14.3. The fourth-order valence-corrected chi connectivity index (χ4v) is 5.54. The molecule has 0 radical (unpaired) electrons. The number of aryl methyl sites for hydroxylation is 1. The van der Waals surface area contributed by atoms with Crippen LogP contribution in [0.25, 0.3) is 21.9 Å². The molecule has 2 N–H and O–H groups in total. The molecule has 7 heteroatoms. The van der Waals surface area contributed by atoms with Crippen molar-refractivity contribution in [1.82, 2.24) is 15.2 Å². The summed E-state index contributed by atoms with van der Waals surface area (Å²) >= 11 is 0. The molecule has 1 fully saturated rings. The van der Waals surface area contributed by atoms with Gasteiger partial charge in [-0.25, -0.2) is 0 Å². The Morgan fingerprint density at radius 1 is 0.975 bits per heavy atom. The van der Waals surface area contributed by atoms with Crippen LogP contribution in [0, 0.1) is 11.3 Å². The van der Waals surface area contributed by atoms with Crippen molar-refractivity contribution < 1.29 is 9.21 Å². The number of carbonyl (C=O) groups is 1. The second-order valence-corrected chi connectivity index (χ2v) is 10.5. The third kappa shape index (κ3) is 5.73. The van der Waals surface area contributed by atoms with Gasteiger partial charge in [-0.05, 0) is 79.4 Å². The standard InChI is InChI=1S/C33H33N5O2/c34-21-25-9-11-30-29(18-25)26(23-35-30)8-4-5-13-37-14-16-38(17-15-37)28-10-12-31-27(19-28)20-32(40-31)33(39)36-22-24-6-2-1-3-7-24/h1-3,6-7,9-12,18-20,23,35H,4-5,8,13-17,22H2,(H,36,39). The molecular formula is C33H33N5O2. The van der Waals surface area contributed by atoms with Crippen LogP contribution in [-0.4, -0.2) is 48.5 Å². The maximum absolute atomic E-state index is 12.6. The van der Waals surface area contributed by atoms with E-state index in [9.17, 15) is 10.1 Å². The number of unbranched alkanes of at least 4 members (excludes halogenated alkanes) is 1. The minimum atomic E-state index is -0.202. The van der Waals surface area contributed by atoms with Gasteiger partial charge in [0.05, 0.1) is 11.6 Å². The average Bonchev–Trinajstić information content (AvgIpc) is 3.62. The van der Waals surface area contributed by atoms with Crippen LogP contribution in [0.2, 0.25) is 0 Å². The predicted octanol–water partition coefficient (Wildman–Crippen LogP) is 5.86. The van der Waals surface area contributed by atoms with Crippen molar-refractivity contribution in [2.24, 2.45) is 0 Å². The number of carbonyl (C=O) groups excluding carboxylic acids is 1. The van der Waals surface area contributed by atoms with Gasteiger partial charge in [0.25, 0.3) is 5.91 Å². The molecule has 0 aliphatic carbocycles. The molecule has 5 aromatic rings. The first-order valence-corrected chi connectivity index (χ1v) is 14.0. The highest BCUT2D eigenvalue weighted by Gasteiger charge is 2.19. The number of H-pyrrole nitrogens is 1. The van der Waals surface area contributed by atoms with Crippen molar-refractivity contribution in [3.8, 4) is 6.07 Å². The SMILES string of the molecule is N#Cc1ccc2[nH]cc(CCCCN3CCN(c4ccc5oc(C(=O)NCc6ccccc6)cc5c4)CC3)c2c1. The number of benzene rings is 3. The lowest BCUT2D eigenvalue weighted by atomic mass is 10.1. The number of anilines is 1. The Balaban J connectivity index is 0.977. The zero-order valence-electron chi connectivity index (χ0n) is 22.5. The summed E-state index contributed by atoms with van der Waals surface area (Å²) in [4.78, 5) is 20.9. The minimum absolute atomic E-state index is 0.202. The predicted molar refractivity (Wildman–Crippen MR) is 158 cm³/mol. The van der Waals surface area contributed by atoms with Crippen LogP contribution in [0.5, 0.6) is 0 Å². The van der Waals surface area contributed by atoms with Gasteiger partial charge in [0.15, 0.2) is 5.76 Å². The highest BCUT2D eigenvalue weighted by atomic mass is 16.3. The first-order valence-electron chi connectivity index (χ1n) is 14.0. The number of furan rings is 1. The Morgan fingerprint density at radius 2 is 1.82 bits per heavy atom. The van der Waals surface area contributed by atoms with Crippen LogP contribution >= 0.6 is 0 Å². The van der Waals surface area contributed by atoms with E-state index in [2.05, 4.69) is 44.5 Å². The van der Waals surface area contributed by atoms with Crippen LogP contribution in [-0.2, 0) is 13.0 Å². The van der Waals surface area contributed by atoms with E-state index in [1.54, 1.807) is 0 Å². The molecule has 1 aliphatic rings. The fourth-order valence-electron chi connectivity index (χ4n) is 5.54. The number of aromatic nitrogens is 1. The molecule has 1 saturated heterocycles. The molecule has 3 aromatic carbocycles. The number of nitrogens with one attached hydrogen (secondary N) is 2. The van der Waals surface area contributed by atoms with Gasteiger partial charge in [0.1, 0.15) is 5.58 Å². The number of hydrogen-bond acceptors (Lipinski definition) is 5. The summed E-state index contributed by atoms with van der Waals surface area (Å²) in [6.45, 7) is 5.60. The Hall–Kier alpha value is -4.54. The smallest absolute Gasteiger partial charge is 0.287 e. The highest BCUT2D eigenvalue weighted by molar-refractivity contribution is 5.96. The van der Waals surface area contributed by atoms with Crippen LogP contribution in [0.15, 0.2) is 83.4 Å². The van der Waals surface area contributed by atoms with E-state index in [1.807, 2.05) is 60.7 Å². The summed E-state index contributed by atoms with van der Waals surface area (Å²) in [5.41, 5.74) is 6.05. The largest absolute Gasteiger partial charge is 0.451 e. The van der Waals surface area contributed by atoms with Crippen LogP contribution in [0.3, 0.4) is 0 Å². The van der Waals surface area contributed by atoms with Gasteiger partial charge >= 0.3 is 0 Å². The molecule has 0 atom stereocenters. The lowest BCUT2D eigenvalue weighted by molar-refractivity contribution is 0.0925. The molecule has 0 unspecified atom stereocenters. The number of aromatic amines is 1. The summed E-state index contributed by atoms with van der Waals surface area (Å²) in [6.07, 6.45) is 5.39. The molecule has 0 spiro atoms. The molecule has 1 aliphatic heterocycles. The Bertz CT molecular complexity index is 1660. The number of nitrogens with zero attached hydrogens (tertiary/aromatic N) is 3. The summed E-state index contributed by atoms with van der Waals surface area (Å²) in [6, 6.07) is 26.0. The Labute approximate surface area is 234 Å². The molecule has 3 heterocycles. The Morgan fingerprint density at radius 3 is 2.65 bits per heavy atom. The zero-order chi connectivity index (χ0) is 27.3. The molecular weight excluding hydrogens is 498 g/mol. The monoisotopic (exact) mass is 531 g/mol. The molecule has 7 nitrogen and oxygen atoms in total. The van der Waals surface area contributed by atoms with Gasteiger partial charge < -0.3 is 19.6 Å². The summed E-state index contributed by atoms with van der Waals surface area (Å²) in [5.74, 6) is 0.137. The highest BCUT2D eigenvalue weighted by Crippen LogP contribution is 2.26. The molecule has 1 amide bonds. The van der Waals surface area contributed by atoms with Gasteiger partial charge in [-0.3, -0.25) is 9.69 Å². The number of nitriles is 1. The van der Waals surface area contributed by atoms with Crippen molar-refractivity contribution in [2.75, 3.05) is 37.6 Å². The van der Waals surface area contributed by atoms with E-state index in [0.29, 0.717) is 17.9 Å². The first-order chi connectivity index (χ1) is 19.7. The van der Waals surface area contributed by atoms with Crippen LogP contribution < -0.4 is 10.2 Å². The van der Waals surface area contributed by atoms with E-state index in [1.165, 1.54) is 16.6 Å². The van der Waals surface area contributed by atoms with E-state index in [-0.39, 0.29) is 5.91 Å². The van der Waals surface area contributed by atoms with Crippen molar-refractivity contribution in [3.05, 3.63) is 101 Å². The number of piperazine rings is 1. The maximum Gasteiger partial charge on any atom is 0.287 e. The topological polar surface area (TPSA) is 88.3 Å². The third-order valence-electron chi connectivity index (χ3n) is 7.82. The maximum atomic E-state index is 12.6. The summed E-state index contributed by atoms with van der Waals surface area (Å²) < 4.78 is 5.84. The first kappa shape index (κ1) is 25.7. The normalized spacial score (nSPS) is 14.0. The van der Waals surface area contributed by atoms with Crippen LogP contribution in [0.4, 0.5) is 5.69 Å². The van der Waals surface area contributed by atoms with Crippen molar-refractivity contribution in [2.45, 2.75) is 25.8 Å². The number of rotatable bonds is 9. The number of fused-ring (bicyclic) bond motifs is 2. The second-order valence-electron chi connectivity index (χ2n) is 10.5. The van der Waals surface area contributed by atoms with Gasteiger partial charge in [0.2, 0.25) is 0 Å². The summed E-state index contributed by atoms with van der Waals surface area (Å²) in [7, 11) is 0. The molecule has 40 heavy (non-hydrogen) atoms. The zero-order valence-corrected chi connectivity index (χ0v) is 22.5. The molecule has 0 bridgehead atoms. The number of amides is 1. The minimum Gasteiger partial charge on any atom is -0.451 e. The van der Waals surface area contributed by atoms with E-state index >= 15 is 0 Å². The fraction of sp³-hybridized carbons (Fsp3) is 0.273. The van der Waals surface area contributed by atoms with E-state index in [4.69, 9.17) is 4.42 Å². The van der Waals surface area contributed by atoms with Crippen molar-refractivity contribution in [1.29, 1.82) is 5.26 Å². The van der Waals surface area contributed by atoms with Gasteiger partial charge in [-0.15, -0.1) is 0 Å². The van der Waals surface area contributed by atoms with Gasteiger partial charge in [0, 0.05) is 60.9 Å². The quantitative estimate of drug-likeness (QED) is 0.233. The lowest BCUT2D eigenvalue weighted by Crippen LogP contribution is -2.46.